The number of aryl methyl sites for hydroxylation is 1. The number of carbonyl (C=O) groups excluding carboxylic acids is 2. The minimum atomic E-state index is -0.628. The molecule has 0 spiro atoms. The van der Waals surface area contributed by atoms with Crippen molar-refractivity contribution in [1.29, 1.82) is 0 Å². The highest BCUT2D eigenvalue weighted by atomic mass is 19.1. The first-order valence-electron chi connectivity index (χ1n) is 9.22. The van der Waals surface area contributed by atoms with Crippen LogP contribution in [0, 0.1) is 18.7 Å². The van der Waals surface area contributed by atoms with Crippen LogP contribution in [0.3, 0.4) is 0 Å². The van der Waals surface area contributed by atoms with Gasteiger partial charge >= 0.3 is 0 Å². The van der Waals surface area contributed by atoms with E-state index in [2.05, 4.69) is 20.4 Å². The normalized spacial score (nSPS) is 16.6. The zero-order valence-electron chi connectivity index (χ0n) is 15.9. The standard InChI is InChI=1S/C19H19FN6O3/c1-3-14-10(2)21-19-23-18(24-26(19)17(14)29)22-16(28)11-7-15(27)25(9-11)13-6-4-5-12(20)8-13/h4-6,8,11H,3,7,9H2,1-2H3,(H2,21,22,23,24,28). The highest BCUT2D eigenvalue weighted by Gasteiger charge is 2.35. The van der Waals surface area contributed by atoms with E-state index in [0.717, 1.165) is 0 Å². The first-order valence-corrected chi connectivity index (χ1v) is 9.22. The summed E-state index contributed by atoms with van der Waals surface area (Å²) in [4.78, 5) is 47.2. The van der Waals surface area contributed by atoms with Crippen molar-refractivity contribution in [3.63, 3.8) is 0 Å². The van der Waals surface area contributed by atoms with E-state index < -0.39 is 17.6 Å². The van der Waals surface area contributed by atoms with E-state index in [-0.39, 0.29) is 36.2 Å². The smallest absolute Gasteiger partial charge is 0.277 e. The van der Waals surface area contributed by atoms with Crippen molar-refractivity contribution in [3.05, 3.63) is 51.7 Å². The molecule has 1 saturated heterocycles. The molecule has 2 aromatic heterocycles. The molecule has 2 N–H and O–H groups in total. The molecule has 29 heavy (non-hydrogen) atoms. The van der Waals surface area contributed by atoms with E-state index in [1.54, 1.807) is 13.0 Å². The first kappa shape index (κ1) is 18.8. The van der Waals surface area contributed by atoms with E-state index in [9.17, 15) is 18.8 Å². The Kier molecular flexibility index (Phi) is 4.61. The Labute approximate surface area is 164 Å². The molecule has 1 unspecified atom stereocenters. The van der Waals surface area contributed by atoms with Gasteiger partial charge in [0, 0.05) is 24.2 Å². The van der Waals surface area contributed by atoms with Crippen LogP contribution >= 0.6 is 0 Å². The van der Waals surface area contributed by atoms with E-state index in [1.165, 1.54) is 27.6 Å². The number of aromatic nitrogens is 4. The molecule has 3 aromatic rings. The SMILES string of the molecule is CCc1c(C)nc2nc(NC(=O)C3CC(=O)N(c4cccc(F)c4)C3)[nH]n2c1=O. The maximum absolute atomic E-state index is 13.4. The molecule has 10 heteroatoms. The molecule has 150 valence electrons. The van der Waals surface area contributed by atoms with E-state index >= 15 is 0 Å². The average Bonchev–Trinajstić information content (AvgIpc) is 3.25. The van der Waals surface area contributed by atoms with E-state index in [0.29, 0.717) is 23.4 Å². The fourth-order valence-corrected chi connectivity index (χ4v) is 3.51. The number of carbonyl (C=O) groups is 2. The van der Waals surface area contributed by atoms with Gasteiger partial charge in [0.05, 0.1) is 11.6 Å². The Morgan fingerprint density at radius 2 is 2.14 bits per heavy atom. The van der Waals surface area contributed by atoms with E-state index in [4.69, 9.17) is 0 Å². The van der Waals surface area contributed by atoms with Crippen molar-refractivity contribution in [2.75, 3.05) is 16.8 Å². The number of aromatic amines is 1. The number of hydrogen-bond acceptors (Lipinski definition) is 5. The molecule has 0 saturated carbocycles. The molecule has 4 rings (SSSR count). The van der Waals surface area contributed by atoms with Crippen molar-refractivity contribution in [1.82, 2.24) is 19.6 Å². The fourth-order valence-electron chi connectivity index (χ4n) is 3.51. The van der Waals surface area contributed by atoms with Crippen molar-refractivity contribution in [2.24, 2.45) is 5.92 Å². The topological polar surface area (TPSA) is 112 Å². The van der Waals surface area contributed by atoms with Gasteiger partial charge in [0.1, 0.15) is 5.82 Å². The minimum Gasteiger partial charge on any atom is -0.311 e. The second-order valence-corrected chi connectivity index (χ2v) is 6.92. The molecule has 3 heterocycles. The van der Waals surface area contributed by atoms with Gasteiger partial charge in [-0.2, -0.15) is 9.50 Å². The molecule has 1 aliphatic rings. The average molecular weight is 398 g/mol. The second-order valence-electron chi connectivity index (χ2n) is 6.92. The molecule has 0 aliphatic carbocycles. The van der Waals surface area contributed by atoms with Crippen LogP contribution < -0.4 is 15.8 Å². The summed E-state index contributed by atoms with van der Waals surface area (Å²) in [5.74, 6) is -1.53. The maximum Gasteiger partial charge on any atom is 0.277 e. The summed E-state index contributed by atoms with van der Waals surface area (Å²) in [5.41, 5.74) is 1.30. The van der Waals surface area contributed by atoms with Gasteiger partial charge in [-0.15, -0.1) is 0 Å². The number of nitrogens with zero attached hydrogens (tertiary/aromatic N) is 4. The highest BCUT2D eigenvalue weighted by Crippen LogP contribution is 2.26. The van der Waals surface area contributed by atoms with Crippen molar-refractivity contribution >= 4 is 29.2 Å². The van der Waals surface area contributed by atoms with Crippen LogP contribution in [0.4, 0.5) is 16.0 Å². The number of benzene rings is 1. The molecule has 0 bridgehead atoms. The molecule has 9 nitrogen and oxygen atoms in total. The van der Waals surface area contributed by atoms with Gasteiger partial charge in [0.2, 0.25) is 17.8 Å². The lowest BCUT2D eigenvalue weighted by Gasteiger charge is -2.16. The van der Waals surface area contributed by atoms with Crippen molar-refractivity contribution in [3.8, 4) is 0 Å². The summed E-state index contributed by atoms with van der Waals surface area (Å²) in [6.45, 7) is 3.72. The number of amides is 2. The minimum absolute atomic E-state index is 0.000134. The zero-order valence-corrected chi connectivity index (χ0v) is 15.9. The van der Waals surface area contributed by atoms with Crippen LogP contribution in [0.25, 0.3) is 5.78 Å². The summed E-state index contributed by atoms with van der Waals surface area (Å²) in [7, 11) is 0. The Morgan fingerprint density at radius 3 is 2.86 bits per heavy atom. The van der Waals surface area contributed by atoms with Gasteiger partial charge in [0.25, 0.3) is 11.3 Å². The Morgan fingerprint density at radius 1 is 1.34 bits per heavy atom. The zero-order chi connectivity index (χ0) is 20.7. The number of fused-ring (bicyclic) bond motifs is 1. The van der Waals surface area contributed by atoms with Gasteiger partial charge in [-0.3, -0.25) is 24.8 Å². The number of H-pyrrole nitrogens is 1. The van der Waals surface area contributed by atoms with Crippen LogP contribution in [0.5, 0.6) is 0 Å². The number of anilines is 2. The quantitative estimate of drug-likeness (QED) is 0.690. The summed E-state index contributed by atoms with van der Waals surface area (Å²) >= 11 is 0. The Balaban J connectivity index is 1.53. The third kappa shape index (κ3) is 3.37. The van der Waals surface area contributed by atoms with Crippen LogP contribution in [0.15, 0.2) is 29.1 Å². The van der Waals surface area contributed by atoms with Gasteiger partial charge in [-0.1, -0.05) is 13.0 Å². The Hall–Kier alpha value is -3.56. The largest absolute Gasteiger partial charge is 0.311 e. The lowest BCUT2D eigenvalue weighted by Crippen LogP contribution is -2.28. The van der Waals surface area contributed by atoms with Crippen LogP contribution in [0.2, 0.25) is 0 Å². The predicted octanol–water partition coefficient (Wildman–Crippen LogP) is 1.42. The van der Waals surface area contributed by atoms with Crippen LogP contribution in [-0.4, -0.2) is 37.9 Å². The van der Waals surface area contributed by atoms with Crippen molar-refractivity contribution < 1.29 is 14.0 Å². The first-order chi connectivity index (χ1) is 13.9. The third-order valence-corrected chi connectivity index (χ3v) is 5.01. The molecular formula is C19H19FN6O3. The summed E-state index contributed by atoms with van der Waals surface area (Å²) in [5, 5.41) is 5.34. The molecule has 1 aliphatic heterocycles. The molecule has 2 amide bonds. The Bertz CT molecular complexity index is 1180. The summed E-state index contributed by atoms with van der Waals surface area (Å²) in [6, 6.07) is 5.67. The highest BCUT2D eigenvalue weighted by molar-refractivity contribution is 6.03. The van der Waals surface area contributed by atoms with Gasteiger partial charge < -0.3 is 4.90 Å². The molecular weight excluding hydrogens is 379 g/mol. The number of rotatable bonds is 4. The predicted molar refractivity (Wildman–Crippen MR) is 103 cm³/mol. The number of hydrogen-bond donors (Lipinski definition) is 2. The van der Waals surface area contributed by atoms with Crippen LogP contribution in [0.1, 0.15) is 24.6 Å². The lowest BCUT2D eigenvalue weighted by molar-refractivity contribution is -0.122. The number of nitrogens with one attached hydrogen (secondary N) is 2. The maximum atomic E-state index is 13.4. The lowest BCUT2D eigenvalue weighted by atomic mass is 10.1. The summed E-state index contributed by atoms with van der Waals surface area (Å²) < 4.78 is 14.6. The molecule has 1 atom stereocenters. The van der Waals surface area contributed by atoms with Gasteiger partial charge in [-0.05, 0) is 31.5 Å². The number of halogens is 1. The third-order valence-electron chi connectivity index (χ3n) is 5.01. The van der Waals surface area contributed by atoms with E-state index in [1.807, 2.05) is 6.92 Å². The van der Waals surface area contributed by atoms with Crippen LogP contribution in [-0.2, 0) is 16.0 Å². The van der Waals surface area contributed by atoms with Gasteiger partial charge in [0.15, 0.2) is 0 Å². The summed E-state index contributed by atoms with van der Waals surface area (Å²) in [6.07, 6.45) is 0.529. The van der Waals surface area contributed by atoms with Crippen molar-refractivity contribution in [2.45, 2.75) is 26.7 Å². The molecule has 1 fully saturated rings. The molecule has 0 radical (unpaired) electrons. The van der Waals surface area contributed by atoms with Gasteiger partial charge in [-0.25, -0.2) is 9.37 Å². The molecule has 1 aromatic carbocycles. The monoisotopic (exact) mass is 398 g/mol. The second kappa shape index (κ2) is 7.12. The fraction of sp³-hybridized carbons (Fsp3) is 0.316.